The molecule has 1 aromatic carbocycles. The quantitative estimate of drug-likeness (QED) is 0.863. The largest absolute Gasteiger partial charge is 0.444 e. The minimum Gasteiger partial charge on any atom is -0.444 e. The molecule has 0 unspecified atom stereocenters. The van der Waals surface area contributed by atoms with Gasteiger partial charge in [-0.25, -0.2) is 13.2 Å². The highest BCUT2D eigenvalue weighted by Crippen LogP contribution is 2.27. The van der Waals surface area contributed by atoms with Gasteiger partial charge < -0.3 is 15.0 Å². The van der Waals surface area contributed by atoms with Gasteiger partial charge in [0.05, 0.1) is 5.75 Å². The first-order chi connectivity index (χ1) is 11.9. The van der Waals surface area contributed by atoms with Crippen LogP contribution >= 0.6 is 0 Å². The van der Waals surface area contributed by atoms with E-state index in [0.717, 1.165) is 24.1 Å². The van der Waals surface area contributed by atoms with E-state index in [1.807, 2.05) is 45.0 Å². The van der Waals surface area contributed by atoms with E-state index < -0.39 is 15.4 Å². The van der Waals surface area contributed by atoms with E-state index in [1.54, 1.807) is 4.90 Å². The van der Waals surface area contributed by atoms with Crippen LogP contribution in [0.25, 0.3) is 0 Å². The molecule has 6 nitrogen and oxygen atoms in total. The van der Waals surface area contributed by atoms with Crippen molar-refractivity contribution >= 4 is 21.6 Å². The van der Waals surface area contributed by atoms with Crippen molar-refractivity contribution in [3.05, 3.63) is 29.8 Å². The third-order valence-corrected chi connectivity index (χ3v) is 5.21. The van der Waals surface area contributed by atoms with E-state index in [4.69, 9.17) is 4.74 Å². The van der Waals surface area contributed by atoms with Gasteiger partial charge in [0.25, 0.3) is 0 Å². The fourth-order valence-corrected chi connectivity index (χ4v) is 3.77. The molecule has 1 aromatic rings. The molecular weight excluding hydrogens is 352 g/mol. The summed E-state index contributed by atoms with van der Waals surface area (Å²) in [5, 5.41) is 3.53. The van der Waals surface area contributed by atoms with Crippen LogP contribution in [0.2, 0.25) is 0 Å². The van der Waals surface area contributed by atoms with E-state index in [-0.39, 0.29) is 17.4 Å². The Morgan fingerprint density at radius 1 is 1.19 bits per heavy atom. The molecule has 2 rings (SSSR count). The summed E-state index contributed by atoms with van der Waals surface area (Å²) in [7, 11) is -3.03. The lowest BCUT2D eigenvalue weighted by Gasteiger charge is -2.40. The summed E-state index contributed by atoms with van der Waals surface area (Å²) in [5.74, 6) is 0.0510. The molecular formula is C19H30N2O4S. The average molecular weight is 383 g/mol. The summed E-state index contributed by atoms with van der Waals surface area (Å²) in [6.45, 7) is 9.04. The average Bonchev–Trinajstić information content (AvgIpc) is 2.46. The molecule has 146 valence electrons. The van der Waals surface area contributed by atoms with Crippen molar-refractivity contribution in [1.82, 2.24) is 4.90 Å². The number of hydrogen-bond donors (Lipinski definition) is 1. The number of anilines is 1. The lowest BCUT2D eigenvalue weighted by atomic mass is 9.89. The Morgan fingerprint density at radius 2 is 1.73 bits per heavy atom. The van der Waals surface area contributed by atoms with Crippen molar-refractivity contribution in [2.24, 2.45) is 0 Å². The van der Waals surface area contributed by atoms with Crippen molar-refractivity contribution in [2.45, 2.75) is 57.4 Å². The van der Waals surface area contributed by atoms with Crippen molar-refractivity contribution < 1.29 is 17.9 Å². The normalized spacial score (nSPS) is 17.7. The first-order valence-electron chi connectivity index (χ1n) is 8.88. The summed E-state index contributed by atoms with van der Waals surface area (Å²) in [4.78, 5) is 13.9. The Labute approximate surface area is 156 Å². The molecule has 1 fully saturated rings. The van der Waals surface area contributed by atoms with Crippen molar-refractivity contribution in [1.29, 1.82) is 0 Å². The zero-order valence-corrected chi connectivity index (χ0v) is 17.1. The second kappa shape index (κ2) is 7.47. The molecule has 1 aliphatic heterocycles. The number of likely N-dealkylation sites (tertiary alicyclic amines) is 1. The van der Waals surface area contributed by atoms with E-state index in [2.05, 4.69) is 12.2 Å². The molecule has 1 saturated heterocycles. The van der Waals surface area contributed by atoms with Gasteiger partial charge in [0, 0.05) is 30.6 Å². The number of amides is 1. The van der Waals surface area contributed by atoms with Crippen LogP contribution in [0.3, 0.4) is 0 Å². The molecule has 0 atom stereocenters. The third-order valence-electron chi connectivity index (χ3n) is 4.35. The van der Waals surface area contributed by atoms with Crippen molar-refractivity contribution in [3.8, 4) is 0 Å². The summed E-state index contributed by atoms with van der Waals surface area (Å²) in [6, 6.07) is 7.49. The van der Waals surface area contributed by atoms with Crippen LogP contribution in [-0.4, -0.2) is 49.9 Å². The molecule has 1 aliphatic rings. The number of carbonyl (C=O) groups is 1. The molecule has 0 saturated carbocycles. The van der Waals surface area contributed by atoms with Gasteiger partial charge in [0.1, 0.15) is 5.60 Å². The maximum Gasteiger partial charge on any atom is 0.410 e. The topological polar surface area (TPSA) is 75.7 Å². The molecule has 1 heterocycles. The van der Waals surface area contributed by atoms with Gasteiger partial charge in [-0.05, 0) is 58.2 Å². The lowest BCUT2D eigenvalue weighted by molar-refractivity contribution is 0.0184. The Balaban J connectivity index is 1.92. The van der Waals surface area contributed by atoms with Crippen LogP contribution < -0.4 is 5.32 Å². The highest BCUT2D eigenvalue weighted by atomic mass is 32.2. The summed E-state index contributed by atoms with van der Waals surface area (Å²) >= 11 is 0. The fraction of sp³-hybridized carbons (Fsp3) is 0.632. The van der Waals surface area contributed by atoms with E-state index in [0.29, 0.717) is 13.1 Å². The predicted octanol–water partition coefficient (Wildman–Crippen LogP) is 3.43. The third kappa shape index (κ3) is 6.52. The monoisotopic (exact) mass is 382 g/mol. The Morgan fingerprint density at radius 3 is 2.19 bits per heavy atom. The van der Waals surface area contributed by atoms with E-state index >= 15 is 0 Å². The second-order valence-electron chi connectivity index (χ2n) is 8.42. The van der Waals surface area contributed by atoms with Gasteiger partial charge in [-0.15, -0.1) is 0 Å². The molecule has 7 heteroatoms. The zero-order valence-electron chi connectivity index (χ0n) is 16.3. The highest BCUT2D eigenvalue weighted by molar-refractivity contribution is 7.89. The van der Waals surface area contributed by atoms with Crippen molar-refractivity contribution in [2.75, 3.05) is 24.7 Å². The molecule has 0 radical (unpaired) electrons. The predicted molar refractivity (Wildman–Crippen MR) is 104 cm³/mol. The number of nitrogens with one attached hydrogen (secondary N) is 1. The summed E-state index contributed by atoms with van der Waals surface area (Å²) in [6.07, 6.45) is 2.61. The van der Waals surface area contributed by atoms with Gasteiger partial charge in [-0.2, -0.15) is 0 Å². The number of nitrogens with zero attached hydrogens (tertiary/aromatic N) is 1. The molecule has 0 aliphatic carbocycles. The minimum absolute atomic E-state index is 0.0510. The second-order valence-corrected chi connectivity index (χ2v) is 10.6. The van der Waals surface area contributed by atoms with Gasteiger partial charge >= 0.3 is 6.09 Å². The highest BCUT2D eigenvalue weighted by Gasteiger charge is 2.33. The maximum absolute atomic E-state index is 12.2. The number of piperidine rings is 1. The molecule has 0 bridgehead atoms. The van der Waals surface area contributed by atoms with E-state index in [9.17, 15) is 13.2 Å². The van der Waals surface area contributed by atoms with Crippen LogP contribution in [0.4, 0.5) is 10.5 Å². The minimum atomic E-state index is -3.03. The number of carbonyl (C=O) groups excluding carboxylic acids is 1. The van der Waals surface area contributed by atoms with Gasteiger partial charge in [0.15, 0.2) is 9.84 Å². The van der Waals surface area contributed by atoms with Gasteiger partial charge in [0.2, 0.25) is 0 Å². The van der Waals surface area contributed by atoms with Crippen LogP contribution in [0.1, 0.15) is 46.1 Å². The Bertz CT molecular complexity index is 728. The van der Waals surface area contributed by atoms with Gasteiger partial charge in [-0.3, -0.25) is 0 Å². The van der Waals surface area contributed by atoms with Crippen LogP contribution in [-0.2, 0) is 20.3 Å². The van der Waals surface area contributed by atoms with Gasteiger partial charge in [-0.1, -0.05) is 12.1 Å². The standard InChI is InChI=1S/C19H30N2O4S/c1-18(2,3)25-17(22)21-12-10-19(4,11-13-21)20-16-8-6-15(7-9-16)14-26(5,23)24/h6-9,20H,10-14H2,1-5H3. The molecule has 0 aromatic heterocycles. The maximum atomic E-state index is 12.2. The van der Waals surface area contributed by atoms with Crippen LogP contribution in [0, 0.1) is 0 Å². The van der Waals surface area contributed by atoms with E-state index in [1.165, 1.54) is 6.26 Å². The first kappa shape index (κ1) is 20.6. The lowest BCUT2D eigenvalue weighted by Crippen LogP contribution is -2.50. The number of benzene rings is 1. The molecule has 0 spiro atoms. The number of sulfone groups is 1. The zero-order chi connectivity index (χ0) is 19.6. The van der Waals surface area contributed by atoms with Crippen LogP contribution in [0.15, 0.2) is 24.3 Å². The Kier molecular flexibility index (Phi) is 5.90. The molecule has 1 amide bonds. The first-order valence-corrected chi connectivity index (χ1v) is 10.9. The smallest absolute Gasteiger partial charge is 0.410 e. The van der Waals surface area contributed by atoms with Crippen molar-refractivity contribution in [3.63, 3.8) is 0 Å². The Hall–Kier alpha value is -1.76. The molecule has 26 heavy (non-hydrogen) atoms. The number of hydrogen-bond acceptors (Lipinski definition) is 5. The number of rotatable bonds is 4. The molecule has 1 N–H and O–H groups in total. The summed E-state index contributed by atoms with van der Waals surface area (Å²) in [5.41, 5.74) is 1.14. The van der Waals surface area contributed by atoms with Crippen LogP contribution in [0.5, 0.6) is 0 Å². The SMILES string of the molecule is CC1(Nc2ccc(CS(C)(=O)=O)cc2)CCN(C(=O)OC(C)(C)C)CC1. The number of ether oxygens (including phenoxy) is 1. The fourth-order valence-electron chi connectivity index (χ4n) is 2.97. The summed E-state index contributed by atoms with van der Waals surface area (Å²) < 4.78 is 28.2.